The fraction of sp³-hybridized carbons (Fsp3) is 0.357. The van der Waals surface area contributed by atoms with Gasteiger partial charge in [0.1, 0.15) is 12.2 Å². The number of amides is 1. The average Bonchev–Trinajstić information content (AvgIpc) is 3.13. The van der Waals surface area contributed by atoms with E-state index in [0.29, 0.717) is 64.8 Å². The van der Waals surface area contributed by atoms with Gasteiger partial charge in [-0.05, 0) is 62.6 Å². The van der Waals surface area contributed by atoms with Gasteiger partial charge in [0.15, 0.2) is 16.9 Å². The van der Waals surface area contributed by atoms with Gasteiger partial charge in [-0.25, -0.2) is 0 Å². The molecule has 7 nitrogen and oxygen atoms in total. The maximum atomic E-state index is 13.8. The molecule has 4 rings (SSSR count). The molecule has 8 heteroatoms. The van der Waals surface area contributed by atoms with E-state index in [-0.39, 0.29) is 23.2 Å². The Morgan fingerprint density at radius 1 is 1.19 bits per heavy atom. The smallest absolute Gasteiger partial charge is 0.290 e. The Bertz CT molecular complexity index is 1360. The number of carbonyl (C=O) groups is 1. The number of hydrogen-bond donors (Lipinski definition) is 0. The van der Waals surface area contributed by atoms with Gasteiger partial charge < -0.3 is 23.5 Å². The largest absolute Gasteiger partial charge is 0.493 e. The van der Waals surface area contributed by atoms with E-state index < -0.39 is 6.04 Å². The van der Waals surface area contributed by atoms with Crippen LogP contribution in [0.2, 0.25) is 5.02 Å². The van der Waals surface area contributed by atoms with E-state index in [2.05, 4.69) is 6.58 Å². The number of fused-ring (bicyclic) bond motifs is 2. The Morgan fingerprint density at radius 3 is 2.67 bits per heavy atom. The first-order valence-corrected chi connectivity index (χ1v) is 12.3. The van der Waals surface area contributed by atoms with Crippen LogP contribution < -0.4 is 14.9 Å². The monoisotopic (exact) mass is 511 g/mol. The zero-order valence-electron chi connectivity index (χ0n) is 20.9. The molecule has 0 aliphatic carbocycles. The van der Waals surface area contributed by atoms with Crippen molar-refractivity contribution in [3.63, 3.8) is 0 Å². The zero-order chi connectivity index (χ0) is 26.0. The maximum Gasteiger partial charge on any atom is 0.290 e. The number of nitrogens with zero attached hydrogens (tertiary/aromatic N) is 1. The van der Waals surface area contributed by atoms with Crippen molar-refractivity contribution in [1.82, 2.24) is 4.90 Å². The lowest BCUT2D eigenvalue weighted by Crippen LogP contribution is -2.31. The highest BCUT2D eigenvalue weighted by atomic mass is 35.5. The number of ether oxygens (including phenoxy) is 3. The number of halogens is 1. The van der Waals surface area contributed by atoms with Crippen LogP contribution in [0.4, 0.5) is 0 Å². The van der Waals surface area contributed by atoms with Crippen molar-refractivity contribution in [2.75, 3.05) is 26.9 Å². The summed E-state index contributed by atoms with van der Waals surface area (Å²) in [5, 5.41) is 0.800. The van der Waals surface area contributed by atoms with E-state index >= 15 is 0 Å². The summed E-state index contributed by atoms with van der Waals surface area (Å²) in [4.78, 5) is 29.0. The molecule has 0 N–H and O–H groups in total. The predicted octanol–water partition coefficient (Wildman–Crippen LogP) is 5.69. The lowest BCUT2D eigenvalue weighted by atomic mass is 9.97. The molecule has 0 radical (unpaired) electrons. The van der Waals surface area contributed by atoms with E-state index in [1.165, 1.54) is 0 Å². The lowest BCUT2D eigenvalue weighted by Gasteiger charge is -2.26. The predicted molar refractivity (Wildman–Crippen MR) is 140 cm³/mol. The highest BCUT2D eigenvalue weighted by molar-refractivity contribution is 6.32. The molecule has 2 aromatic carbocycles. The molecule has 1 atom stereocenters. The minimum absolute atomic E-state index is 0.0509. The fourth-order valence-corrected chi connectivity index (χ4v) is 4.56. The minimum Gasteiger partial charge on any atom is -0.493 e. The van der Waals surface area contributed by atoms with Gasteiger partial charge in [-0.1, -0.05) is 30.3 Å². The summed E-state index contributed by atoms with van der Waals surface area (Å²) >= 11 is 6.32. The summed E-state index contributed by atoms with van der Waals surface area (Å²) in [6.45, 7) is 10.6. The van der Waals surface area contributed by atoms with Gasteiger partial charge in [0.2, 0.25) is 5.76 Å². The summed E-state index contributed by atoms with van der Waals surface area (Å²) in [6, 6.07) is 8.02. The number of carbonyl (C=O) groups excluding carboxylic acids is 1. The molecule has 0 spiro atoms. The second-order valence-electron chi connectivity index (χ2n) is 8.96. The topological polar surface area (TPSA) is 78.2 Å². The van der Waals surface area contributed by atoms with Crippen molar-refractivity contribution in [3.8, 4) is 11.5 Å². The summed E-state index contributed by atoms with van der Waals surface area (Å²) in [5.74, 6) is 0.740. The molecule has 1 aliphatic heterocycles. The van der Waals surface area contributed by atoms with Gasteiger partial charge in [-0.2, -0.15) is 0 Å². The number of methoxy groups -OCH3 is 1. The van der Waals surface area contributed by atoms with Gasteiger partial charge in [0, 0.05) is 18.2 Å². The zero-order valence-corrected chi connectivity index (χ0v) is 21.7. The first kappa shape index (κ1) is 25.8. The molecule has 0 saturated heterocycles. The molecular weight excluding hydrogens is 482 g/mol. The van der Waals surface area contributed by atoms with Crippen molar-refractivity contribution < 1.29 is 23.4 Å². The molecule has 0 fully saturated rings. The molecule has 0 saturated carbocycles. The van der Waals surface area contributed by atoms with Gasteiger partial charge >= 0.3 is 0 Å². The van der Waals surface area contributed by atoms with Gasteiger partial charge in [0.05, 0.1) is 30.2 Å². The molecule has 1 aliphatic rings. The van der Waals surface area contributed by atoms with E-state index in [1.54, 1.807) is 42.4 Å². The Labute approximate surface area is 215 Å². The molecule has 1 amide bonds. The molecule has 1 aromatic heterocycles. The summed E-state index contributed by atoms with van der Waals surface area (Å²) in [6.07, 6.45) is 2.33. The van der Waals surface area contributed by atoms with E-state index in [9.17, 15) is 9.59 Å². The second-order valence-corrected chi connectivity index (χ2v) is 9.36. The molecule has 0 bridgehead atoms. The average molecular weight is 512 g/mol. The van der Waals surface area contributed by atoms with Crippen LogP contribution in [0.15, 0.2) is 52.2 Å². The molecule has 1 unspecified atom stereocenters. The standard InChI is InChI=1S/C28H30ClNO6/c1-6-11-35-21-9-8-18(14-23(21)33-5)25-24-26(31)19-15-20(29)17(4)13-22(19)36-27(24)28(32)30(25)10-7-12-34-16(2)3/h6,8-9,13-16,25H,1,7,10-12H2,2-5H3. The van der Waals surface area contributed by atoms with Gasteiger partial charge in [-0.3, -0.25) is 9.59 Å². The van der Waals surface area contributed by atoms with Crippen LogP contribution in [0.1, 0.15) is 53.6 Å². The van der Waals surface area contributed by atoms with Crippen molar-refractivity contribution >= 4 is 28.5 Å². The van der Waals surface area contributed by atoms with Crippen LogP contribution in [0.3, 0.4) is 0 Å². The van der Waals surface area contributed by atoms with Crippen molar-refractivity contribution in [1.29, 1.82) is 0 Å². The van der Waals surface area contributed by atoms with E-state index in [1.807, 2.05) is 26.8 Å². The summed E-state index contributed by atoms with van der Waals surface area (Å²) in [5.41, 5.74) is 1.82. The number of aryl methyl sites for hydroxylation is 1. The summed E-state index contributed by atoms with van der Waals surface area (Å²) < 4.78 is 23.0. The van der Waals surface area contributed by atoms with Crippen molar-refractivity contribution in [2.45, 2.75) is 39.3 Å². The van der Waals surface area contributed by atoms with E-state index in [4.69, 9.17) is 30.2 Å². The van der Waals surface area contributed by atoms with Crippen LogP contribution in [-0.4, -0.2) is 43.8 Å². The number of hydrogen-bond acceptors (Lipinski definition) is 6. The molecule has 190 valence electrons. The normalized spacial score (nSPS) is 15.0. The van der Waals surface area contributed by atoms with Crippen LogP contribution in [0.5, 0.6) is 11.5 Å². The first-order chi connectivity index (χ1) is 17.3. The Balaban J connectivity index is 1.84. The number of rotatable bonds is 10. The third-order valence-electron chi connectivity index (χ3n) is 6.10. The highest BCUT2D eigenvalue weighted by Crippen LogP contribution is 2.41. The SMILES string of the molecule is C=CCOc1ccc(C2c3c(oc4cc(C)c(Cl)cc4c3=O)C(=O)N2CCCOC(C)C)cc1OC. The van der Waals surface area contributed by atoms with Gasteiger partial charge in [0.25, 0.3) is 5.91 Å². The van der Waals surface area contributed by atoms with Crippen LogP contribution in [0, 0.1) is 6.92 Å². The van der Waals surface area contributed by atoms with Crippen molar-refractivity contribution in [3.05, 3.63) is 80.7 Å². The third-order valence-corrected chi connectivity index (χ3v) is 6.51. The maximum absolute atomic E-state index is 13.8. The Morgan fingerprint density at radius 2 is 1.97 bits per heavy atom. The molecular formula is C28H30ClNO6. The minimum atomic E-state index is -0.658. The Hall–Kier alpha value is -3.29. The molecule has 36 heavy (non-hydrogen) atoms. The molecule has 3 aromatic rings. The van der Waals surface area contributed by atoms with Gasteiger partial charge in [-0.15, -0.1) is 0 Å². The van der Waals surface area contributed by atoms with Crippen molar-refractivity contribution in [2.24, 2.45) is 0 Å². The fourth-order valence-electron chi connectivity index (χ4n) is 4.39. The van der Waals surface area contributed by atoms with Crippen LogP contribution in [-0.2, 0) is 4.74 Å². The Kier molecular flexibility index (Phi) is 7.71. The summed E-state index contributed by atoms with van der Waals surface area (Å²) in [7, 11) is 1.54. The lowest BCUT2D eigenvalue weighted by molar-refractivity contribution is 0.0593. The second kappa shape index (κ2) is 10.8. The van der Waals surface area contributed by atoms with Crippen LogP contribution in [0.25, 0.3) is 11.0 Å². The third kappa shape index (κ3) is 4.86. The molecule has 2 heterocycles. The quantitative estimate of drug-likeness (QED) is 0.257. The number of benzene rings is 2. The van der Waals surface area contributed by atoms with E-state index in [0.717, 1.165) is 5.56 Å². The highest BCUT2D eigenvalue weighted by Gasteiger charge is 2.42. The first-order valence-electron chi connectivity index (χ1n) is 11.9. The van der Waals surface area contributed by atoms with Crippen LogP contribution >= 0.6 is 11.6 Å².